The Hall–Kier alpha value is -4.37. The summed E-state index contributed by atoms with van der Waals surface area (Å²) in [6.45, 7) is 3.75. The summed E-state index contributed by atoms with van der Waals surface area (Å²) in [6, 6.07) is 11.7. The van der Waals surface area contributed by atoms with E-state index >= 15 is 0 Å². The number of ether oxygens (including phenoxy) is 1. The molecule has 0 spiro atoms. The molecule has 0 saturated carbocycles. The van der Waals surface area contributed by atoms with Crippen molar-refractivity contribution in [2.24, 2.45) is 0 Å². The first-order valence-corrected chi connectivity index (χ1v) is 9.87. The highest BCUT2D eigenvalue weighted by molar-refractivity contribution is 5.74. The van der Waals surface area contributed by atoms with Gasteiger partial charge in [-0.2, -0.15) is 20.7 Å². The van der Waals surface area contributed by atoms with E-state index in [1.165, 1.54) is 6.20 Å². The molecule has 152 valence electrons. The number of aromatic nitrogens is 5. The van der Waals surface area contributed by atoms with Gasteiger partial charge in [0.1, 0.15) is 29.0 Å². The fraction of sp³-hybridized carbons (Fsp3) is 0.227. The van der Waals surface area contributed by atoms with Crippen LogP contribution in [0.2, 0.25) is 0 Å². The van der Waals surface area contributed by atoms with Gasteiger partial charge in [0.15, 0.2) is 6.19 Å². The Morgan fingerprint density at radius 2 is 2.10 bits per heavy atom. The maximum atomic E-state index is 9.53. The first kappa shape index (κ1) is 18.6. The minimum Gasteiger partial charge on any atom is -0.482 e. The van der Waals surface area contributed by atoms with Crippen LogP contribution >= 0.6 is 0 Å². The largest absolute Gasteiger partial charge is 0.482 e. The van der Waals surface area contributed by atoms with Crippen molar-refractivity contribution in [1.29, 1.82) is 10.5 Å². The lowest BCUT2D eigenvalue weighted by Gasteiger charge is -2.21. The van der Waals surface area contributed by atoms with Gasteiger partial charge in [0, 0.05) is 24.5 Å². The Labute approximate surface area is 178 Å². The molecule has 1 unspecified atom stereocenters. The molecule has 0 aromatic carbocycles. The second kappa shape index (κ2) is 7.47. The van der Waals surface area contributed by atoms with Crippen LogP contribution in [-0.2, 0) is 13.1 Å². The molecule has 9 nitrogen and oxygen atoms in total. The van der Waals surface area contributed by atoms with Crippen molar-refractivity contribution < 1.29 is 4.74 Å². The highest BCUT2D eigenvalue weighted by atomic mass is 16.5. The van der Waals surface area contributed by atoms with Crippen LogP contribution in [-0.4, -0.2) is 35.8 Å². The standard InChI is InChI=1S/C22H18N8O/c1-15(19-4-2-3-5-25-19)31-21-8-16(12-30-22(21)17(10-23)11-26-30)20-9-18-13-28(14-24)6-7-29(18)27-20/h2-5,8-9,11-12,15H,6-7,13H2,1H3. The third-order valence-electron chi connectivity index (χ3n) is 5.34. The van der Waals surface area contributed by atoms with E-state index in [0.717, 1.165) is 22.6 Å². The van der Waals surface area contributed by atoms with Crippen LogP contribution in [0.3, 0.4) is 0 Å². The van der Waals surface area contributed by atoms with Crippen molar-refractivity contribution in [3.05, 3.63) is 65.9 Å². The summed E-state index contributed by atoms with van der Waals surface area (Å²) >= 11 is 0. The molecule has 0 amide bonds. The molecule has 0 N–H and O–H groups in total. The average Bonchev–Trinajstić information content (AvgIpc) is 3.43. The summed E-state index contributed by atoms with van der Waals surface area (Å²) < 4.78 is 9.82. The number of hydrogen-bond donors (Lipinski definition) is 0. The molecule has 4 aromatic rings. The molecule has 9 heteroatoms. The number of nitriles is 2. The van der Waals surface area contributed by atoms with Gasteiger partial charge < -0.3 is 9.64 Å². The van der Waals surface area contributed by atoms with Gasteiger partial charge in [-0.1, -0.05) is 6.07 Å². The molecule has 1 aliphatic heterocycles. The van der Waals surface area contributed by atoms with Gasteiger partial charge >= 0.3 is 0 Å². The van der Waals surface area contributed by atoms with Crippen LogP contribution in [0.4, 0.5) is 0 Å². The third kappa shape index (κ3) is 3.32. The SMILES string of the molecule is CC(Oc1cc(-c2cc3n(n2)CCN(C#N)C3)cn2ncc(C#N)c12)c1ccccn1. The minimum atomic E-state index is -0.318. The molecule has 5 heterocycles. The van der Waals surface area contributed by atoms with Crippen molar-refractivity contribution in [3.63, 3.8) is 0 Å². The van der Waals surface area contributed by atoms with Crippen LogP contribution in [0, 0.1) is 22.8 Å². The predicted octanol–water partition coefficient (Wildman–Crippen LogP) is 2.90. The topological polar surface area (TPSA) is 108 Å². The fourth-order valence-corrected chi connectivity index (χ4v) is 3.76. The van der Waals surface area contributed by atoms with Crippen LogP contribution in [0.25, 0.3) is 16.8 Å². The van der Waals surface area contributed by atoms with E-state index in [9.17, 15) is 10.5 Å². The van der Waals surface area contributed by atoms with Gasteiger partial charge in [-0.25, -0.2) is 4.52 Å². The van der Waals surface area contributed by atoms with Crippen molar-refractivity contribution >= 4 is 5.52 Å². The predicted molar refractivity (Wildman–Crippen MR) is 110 cm³/mol. The van der Waals surface area contributed by atoms with Gasteiger partial charge in [-0.05, 0) is 31.2 Å². The number of fused-ring (bicyclic) bond motifs is 2. The summed E-state index contributed by atoms with van der Waals surface area (Å²) in [5.74, 6) is 0.536. The van der Waals surface area contributed by atoms with Crippen LogP contribution in [0.15, 0.2) is 48.9 Å². The highest BCUT2D eigenvalue weighted by Gasteiger charge is 2.21. The smallest absolute Gasteiger partial charge is 0.179 e. The molecule has 1 atom stereocenters. The number of hydrogen-bond acceptors (Lipinski definition) is 7. The number of rotatable bonds is 4. The Balaban J connectivity index is 1.57. The lowest BCUT2D eigenvalue weighted by Crippen LogP contribution is -2.30. The fourth-order valence-electron chi connectivity index (χ4n) is 3.76. The second-order valence-electron chi connectivity index (χ2n) is 7.34. The van der Waals surface area contributed by atoms with Crippen LogP contribution in [0.1, 0.15) is 30.0 Å². The van der Waals surface area contributed by atoms with E-state index < -0.39 is 0 Å². The van der Waals surface area contributed by atoms with E-state index in [0.29, 0.717) is 36.5 Å². The summed E-state index contributed by atoms with van der Waals surface area (Å²) in [6.07, 6.45) is 6.97. The summed E-state index contributed by atoms with van der Waals surface area (Å²) in [5.41, 5.74) is 4.38. The third-order valence-corrected chi connectivity index (χ3v) is 5.34. The van der Waals surface area contributed by atoms with E-state index in [4.69, 9.17) is 9.84 Å². The molecular formula is C22H18N8O. The molecule has 0 radical (unpaired) electrons. The average molecular weight is 410 g/mol. The van der Waals surface area contributed by atoms with E-state index in [1.807, 2.05) is 48.1 Å². The van der Waals surface area contributed by atoms with Crippen molar-refractivity contribution in [2.75, 3.05) is 6.54 Å². The zero-order valence-electron chi connectivity index (χ0n) is 16.8. The lowest BCUT2D eigenvalue weighted by molar-refractivity contribution is 0.224. The Kier molecular flexibility index (Phi) is 4.49. The summed E-state index contributed by atoms with van der Waals surface area (Å²) in [5, 5.41) is 27.8. The van der Waals surface area contributed by atoms with Gasteiger partial charge in [-0.3, -0.25) is 9.67 Å². The first-order valence-electron chi connectivity index (χ1n) is 9.87. The molecule has 0 aliphatic carbocycles. The van der Waals surface area contributed by atoms with E-state index in [2.05, 4.69) is 22.3 Å². The molecular weight excluding hydrogens is 392 g/mol. The summed E-state index contributed by atoms with van der Waals surface area (Å²) in [4.78, 5) is 6.07. The number of pyridine rings is 2. The molecule has 0 saturated heterocycles. The molecule has 0 fully saturated rings. The first-order chi connectivity index (χ1) is 15.2. The second-order valence-corrected chi connectivity index (χ2v) is 7.34. The zero-order valence-corrected chi connectivity index (χ0v) is 16.8. The van der Waals surface area contributed by atoms with Gasteiger partial charge in [0.2, 0.25) is 0 Å². The maximum Gasteiger partial charge on any atom is 0.179 e. The van der Waals surface area contributed by atoms with Crippen LogP contribution in [0.5, 0.6) is 5.75 Å². The van der Waals surface area contributed by atoms with E-state index in [1.54, 1.807) is 15.6 Å². The van der Waals surface area contributed by atoms with Gasteiger partial charge in [0.05, 0.1) is 36.4 Å². The van der Waals surface area contributed by atoms with Crippen molar-refractivity contribution in [3.8, 4) is 29.3 Å². The Bertz CT molecular complexity index is 1340. The van der Waals surface area contributed by atoms with Crippen molar-refractivity contribution in [2.45, 2.75) is 26.1 Å². The maximum absolute atomic E-state index is 9.53. The molecule has 31 heavy (non-hydrogen) atoms. The van der Waals surface area contributed by atoms with E-state index in [-0.39, 0.29) is 6.10 Å². The molecule has 0 bridgehead atoms. The van der Waals surface area contributed by atoms with Crippen molar-refractivity contribution in [1.82, 2.24) is 29.3 Å². The molecule has 1 aliphatic rings. The monoisotopic (exact) mass is 410 g/mol. The Morgan fingerprint density at radius 1 is 1.19 bits per heavy atom. The van der Waals surface area contributed by atoms with Gasteiger partial charge in [0.25, 0.3) is 0 Å². The number of nitrogens with zero attached hydrogens (tertiary/aromatic N) is 8. The quantitative estimate of drug-likeness (QED) is 0.476. The highest BCUT2D eigenvalue weighted by Crippen LogP contribution is 2.33. The van der Waals surface area contributed by atoms with Gasteiger partial charge in [-0.15, -0.1) is 0 Å². The molecule has 4 aromatic heterocycles. The Morgan fingerprint density at radius 3 is 2.87 bits per heavy atom. The zero-order chi connectivity index (χ0) is 21.4. The lowest BCUT2D eigenvalue weighted by atomic mass is 10.1. The normalized spacial score (nSPS) is 14.0. The summed E-state index contributed by atoms with van der Waals surface area (Å²) in [7, 11) is 0. The molecule has 5 rings (SSSR count). The van der Waals surface area contributed by atoms with Crippen LogP contribution < -0.4 is 4.74 Å². The minimum absolute atomic E-state index is 0.318.